The van der Waals surface area contributed by atoms with Crippen LogP contribution in [0.15, 0.2) is 59.6 Å². The van der Waals surface area contributed by atoms with Gasteiger partial charge in [0, 0.05) is 30.1 Å². The van der Waals surface area contributed by atoms with E-state index in [2.05, 4.69) is 10.3 Å². The summed E-state index contributed by atoms with van der Waals surface area (Å²) in [5.74, 6) is -0.358. The molecule has 118 valence electrons. The Balaban J connectivity index is 1.83. The summed E-state index contributed by atoms with van der Waals surface area (Å²) < 4.78 is 36.6. The predicted molar refractivity (Wildman–Crippen MR) is 88.6 cm³/mol. The van der Waals surface area contributed by atoms with E-state index in [-0.39, 0.29) is 10.7 Å². The van der Waals surface area contributed by atoms with Gasteiger partial charge in [-0.05, 0) is 29.8 Å². The Hall–Kier alpha value is -2.47. The van der Waals surface area contributed by atoms with Crippen LogP contribution in [-0.4, -0.2) is 19.7 Å². The van der Waals surface area contributed by atoms with Gasteiger partial charge < -0.3 is 5.32 Å². The van der Waals surface area contributed by atoms with Crippen molar-refractivity contribution in [3.05, 3.63) is 66.1 Å². The minimum absolute atomic E-state index is 0.290. The summed E-state index contributed by atoms with van der Waals surface area (Å²) in [5.41, 5.74) is 2.03. The molecule has 1 heterocycles. The molecule has 0 aliphatic rings. The molecule has 3 aromatic rings. The molecule has 0 spiro atoms. The second-order valence-electron chi connectivity index (χ2n) is 5.26. The Labute approximate surface area is 133 Å². The van der Waals surface area contributed by atoms with Gasteiger partial charge in [-0.2, -0.15) is 0 Å². The summed E-state index contributed by atoms with van der Waals surface area (Å²) >= 11 is 0. The van der Waals surface area contributed by atoms with E-state index in [9.17, 15) is 12.8 Å². The molecule has 2 aromatic carbocycles. The number of nitrogens with zero attached hydrogens (tertiary/aromatic N) is 1. The highest BCUT2D eigenvalue weighted by atomic mass is 32.2. The molecule has 23 heavy (non-hydrogen) atoms. The quantitative estimate of drug-likeness (QED) is 0.796. The van der Waals surface area contributed by atoms with Crippen LogP contribution in [0, 0.1) is 5.82 Å². The van der Waals surface area contributed by atoms with E-state index in [1.54, 1.807) is 48.7 Å². The average Bonchev–Trinajstić information content (AvgIpc) is 2.53. The van der Waals surface area contributed by atoms with E-state index < -0.39 is 9.84 Å². The van der Waals surface area contributed by atoms with E-state index in [4.69, 9.17) is 0 Å². The number of anilines is 1. The standard InChI is InChI=1S/C17H15FN2O2S/c1-23(21,22)13-7-5-12(6-8-13)11-20-16-9-10-19-17-14(16)3-2-4-15(17)18/h2-10H,11H2,1H3,(H,19,20). The molecule has 0 fully saturated rings. The fraction of sp³-hybridized carbons (Fsp3) is 0.118. The summed E-state index contributed by atoms with van der Waals surface area (Å²) in [4.78, 5) is 4.34. The van der Waals surface area contributed by atoms with Crippen LogP contribution in [0.1, 0.15) is 5.56 Å². The lowest BCUT2D eigenvalue weighted by Crippen LogP contribution is -2.02. The number of hydrogen-bond donors (Lipinski definition) is 1. The SMILES string of the molecule is CS(=O)(=O)c1ccc(CNc2ccnc3c(F)cccc23)cc1. The lowest BCUT2D eigenvalue weighted by molar-refractivity contribution is 0.602. The van der Waals surface area contributed by atoms with Crippen molar-refractivity contribution >= 4 is 26.4 Å². The molecule has 0 bridgehead atoms. The fourth-order valence-electron chi connectivity index (χ4n) is 2.35. The average molecular weight is 330 g/mol. The number of rotatable bonds is 4. The molecule has 3 rings (SSSR count). The first kappa shape index (κ1) is 15.4. The van der Waals surface area contributed by atoms with Crippen molar-refractivity contribution in [2.45, 2.75) is 11.4 Å². The Morgan fingerprint density at radius 3 is 2.52 bits per heavy atom. The van der Waals surface area contributed by atoms with Gasteiger partial charge in [0.2, 0.25) is 0 Å². The lowest BCUT2D eigenvalue weighted by Gasteiger charge is -2.10. The third kappa shape index (κ3) is 3.32. The Morgan fingerprint density at radius 2 is 1.83 bits per heavy atom. The second-order valence-corrected chi connectivity index (χ2v) is 7.28. The molecule has 4 nitrogen and oxygen atoms in total. The monoisotopic (exact) mass is 330 g/mol. The highest BCUT2D eigenvalue weighted by Crippen LogP contribution is 2.24. The summed E-state index contributed by atoms with van der Waals surface area (Å²) in [6.45, 7) is 0.500. The van der Waals surface area contributed by atoms with E-state index >= 15 is 0 Å². The number of pyridine rings is 1. The van der Waals surface area contributed by atoms with Gasteiger partial charge in [-0.15, -0.1) is 0 Å². The summed E-state index contributed by atoms with van der Waals surface area (Å²) in [5, 5.41) is 3.94. The molecular formula is C17H15FN2O2S. The van der Waals surface area contributed by atoms with Gasteiger partial charge >= 0.3 is 0 Å². The van der Waals surface area contributed by atoms with Crippen LogP contribution in [0.3, 0.4) is 0 Å². The van der Waals surface area contributed by atoms with Crippen molar-refractivity contribution in [1.82, 2.24) is 4.98 Å². The number of sulfone groups is 1. The van der Waals surface area contributed by atoms with E-state index in [0.29, 0.717) is 17.4 Å². The van der Waals surface area contributed by atoms with Gasteiger partial charge in [0.15, 0.2) is 9.84 Å². The number of halogens is 1. The molecule has 0 aliphatic heterocycles. The largest absolute Gasteiger partial charge is 0.380 e. The van der Waals surface area contributed by atoms with Gasteiger partial charge in [-0.3, -0.25) is 4.98 Å². The first-order valence-corrected chi connectivity index (χ1v) is 8.90. The van der Waals surface area contributed by atoms with Crippen molar-refractivity contribution < 1.29 is 12.8 Å². The zero-order valence-corrected chi connectivity index (χ0v) is 13.3. The molecule has 1 aromatic heterocycles. The molecule has 6 heteroatoms. The van der Waals surface area contributed by atoms with Gasteiger partial charge in [0.1, 0.15) is 11.3 Å². The topological polar surface area (TPSA) is 59.1 Å². The Bertz CT molecular complexity index is 954. The molecular weight excluding hydrogens is 315 g/mol. The summed E-state index contributed by atoms with van der Waals surface area (Å²) in [7, 11) is -3.19. The van der Waals surface area contributed by atoms with Gasteiger partial charge in [0.25, 0.3) is 0 Å². The minimum Gasteiger partial charge on any atom is -0.380 e. The smallest absolute Gasteiger partial charge is 0.175 e. The van der Waals surface area contributed by atoms with E-state index in [0.717, 1.165) is 11.3 Å². The van der Waals surface area contributed by atoms with Crippen molar-refractivity contribution in [1.29, 1.82) is 0 Å². The third-order valence-corrected chi connectivity index (χ3v) is 4.68. The van der Waals surface area contributed by atoms with Crippen LogP contribution in [0.2, 0.25) is 0 Å². The summed E-state index contributed by atoms with van der Waals surface area (Å²) in [6.07, 6.45) is 2.73. The zero-order valence-electron chi connectivity index (χ0n) is 12.5. The fourth-order valence-corrected chi connectivity index (χ4v) is 2.98. The number of para-hydroxylation sites is 1. The predicted octanol–water partition coefficient (Wildman–Crippen LogP) is 3.39. The number of fused-ring (bicyclic) bond motifs is 1. The summed E-state index contributed by atoms with van der Waals surface area (Å²) in [6, 6.07) is 13.3. The molecule has 0 unspecified atom stereocenters. The molecule has 1 N–H and O–H groups in total. The van der Waals surface area contributed by atoms with E-state index in [1.165, 1.54) is 12.3 Å². The first-order valence-electron chi connectivity index (χ1n) is 7.01. The van der Waals surface area contributed by atoms with Crippen LogP contribution in [0.4, 0.5) is 10.1 Å². The molecule has 0 amide bonds. The second kappa shape index (κ2) is 5.96. The van der Waals surface area contributed by atoms with Gasteiger partial charge in [-0.1, -0.05) is 24.3 Å². The minimum atomic E-state index is -3.19. The highest BCUT2D eigenvalue weighted by molar-refractivity contribution is 7.90. The molecule has 0 saturated carbocycles. The van der Waals surface area contributed by atoms with Crippen molar-refractivity contribution in [2.75, 3.05) is 11.6 Å². The van der Waals surface area contributed by atoms with Crippen LogP contribution < -0.4 is 5.32 Å². The lowest BCUT2D eigenvalue weighted by atomic mass is 10.1. The number of nitrogens with one attached hydrogen (secondary N) is 1. The third-order valence-electron chi connectivity index (χ3n) is 3.56. The van der Waals surface area contributed by atoms with Crippen LogP contribution >= 0.6 is 0 Å². The highest BCUT2D eigenvalue weighted by Gasteiger charge is 2.07. The molecule has 0 aliphatic carbocycles. The van der Waals surface area contributed by atoms with Crippen LogP contribution in [-0.2, 0) is 16.4 Å². The molecule has 0 saturated heterocycles. The van der Waals surface area contributed by atoms with Crippen molar-refractivity contribution in [3.8, 4) is 0 Å². The van der Waals surface area contributed by atoms with E-state index in [1.807, 2.05) is 0 Å². The molecule has 0 radical (unpaired) electrons. The number of hydrogen-bond acceptors (Lipinski definition) is 4. The van der Waals surface area contributed by atoms with Crippen molar-refractivity contribution in [2.24, 2.45) is 0 Å². The zero-order chi connectivity index (χ0) is 16.4. The molecule has 0 atom stereocenters. The Kier molecular flexibility index (Phi) is 4.00. The van der Waals surface area contributed by atoms with Crippen LogP contribution in [0.5, 0.6) is 0 Å². The number of benzene rings is 2. The van der Waals surface area contributed by atoms with Gasteiger partial charge in [-0.25, -0.2) is 12.8 Å². The maximum atomic E-state index is 13.7. The van der Waals surface area contributed by atoms with Crippen molar-refractivity contribution in [3.63, 3.8) is 0 Å². The maximum Gasteiger partial charge on any atom is 0.175 e. The first-order chi connectivity index (χ1) is 10.9. The van der Waals surface area contributed by atoms with Gasteiger partial charge in [0.05, 0.1) is 4.90 Å². The Morgan fingerprint density at radius 1 is 1.09 bits per heavy atom. The maximum absolute atomic E-state index is 13.7. The normalized spacial score (nSPS) is 11.6. The number of aromatic nitrogens is 1. The van der Waals surface area contributed by atoms with Crippen LogP contribution in [0.25, 0.3) is 10.9 Å².